The third kappa shape index (κ3) is 8.06. The topological polar surface area (TPSA) is 136 Å². The molecule has 2 aromatic carbocycles. The monoisotopic (exact) mass is 560 g/mol. The molecule has 0 saturated heterocycles. The van der Waals surface area contributed by atoms with E-state index in [-0.39, 0.29) is 16.6 Å². The van der Waals surface area contributed by atoms with Crippen molar-refractivity contribution in [3.05, 3.63) is 80.5 Å². The first-order valence-corrected chi connectivity index (χ1v) is 12.4. The molecule has 2 atom stereocenters. The summed E-state index contributed by atoms with van der Waals surface area (Å²) in [6.07, 6.45) is 0.752. The normalized spacial score (nSPS) is 12.8. The molecule has 2 N–H and O–H groups in total. The number of furan rings is 1. The molecule has 0 aliphatic rings. The molecule has 0 bridgehead atoms. The number of amides is 2. The third-order valence-electron chi connectivity index (χ3n) is 5.26. The number of nitrogens with one attached hydrogen (secondary N) is 2. The van der Waals surface area contributed by atoms with E-state index in [0.717, 1.165) is 0 Å². The standard InChI is InChI=1S/C26H26Cl2N4O6/c1-15(2)12-22(30-25(33)16(3)37-24-10-6-18(27)13-21(24)28)26(34)31-29-14-20-9-11-23(38-20)17-4-7-19(8-5-17)32(35)36/h4-11,13-16,22H,12H2,1-3H3,(H,30,33)(H,31,34)/b29-14-/t16-,22+/m0/s1. The van der Waals surface area contributed by atoms with Crippen LogP contribution in [0.1, 0.15) is 33.0 Å². The van der Waals surface area contributed by atoms with Crippen molar-refractivity contribution in [1.29, 1.82) is 0 Å². The number of hydrogen-bond donors (Lipinski definition) is 2. The second-order valence-corrected chi connectivity index (χ2v) is 9.61. The van der Waals surface area contributed by atoms with Gasteiger partial charge >= 0.3 is 0 Å². The molecule has 2 amide bonds. The SMILES string of the molecule is CC(C)C[C@@H](NC(=O)[C@H](C)Oc1ccc(Cl)cc1Cl)C(=O)N/N=C\c1ccc(-c2ccc([N+](=O)[O-])cc2)o1. The minimum atomic E-state index is -0.930. The summed E-state index contributed by atoms with van der Waals surface area (Å²) in [5, 5.41) is 18.1. The highest BCUT2D eigenvalue weighted by atomic mass is 35.5. The zero-order valence-electron chi connectivity index (χ0n) is 20.8. The van der Waals surface area contributed by atoms with Crippen LogP contribution in [-0.4, -0.2) is 35.1 Å². The Bertz CT molecular complexity index is 1320. The van der Waals surface area contributed by atoms with Crippen LogP contribution in [0, 0.1) is 16.0 Å². The average molecular weight is 561 g/mol. The number of non-ortho nitro benzene ring substituents is 1. The quantitative estimate of drug-likeness (QED) is 0.177. The number of ether oxygens (including phenoxy) is 1. The van der Waals surface area contributed by atoms with E-state index in [9.17, 15) is 19.7 Å². The van der Waals surface area contributed by atoms with E-state index in [4.69, 9.17) is 32.4 Å². The Morgan fingerprint density at radius 3 is 2.42 bits per heavy atom. The summed E-state index contributed by atoms with van der Waals surface area (Å²) in [7, 11) is 0. The second-order valence-electron chi connectivity index (χ2n) is 8.77. The number of rotatable bonds is 11. The van der Waals surface area contributed by atoms with Gasteiger partial charge in [0.1, 0.15) is 23.3 Å². The minimum absolute atomic E-state index is 0.0254. The maximum absolute atomic E-state index is 12.8. The van der Waals surface area contributed by atoms with Gasteiger partial charge < -0.3 is 14.5 Å². The fraction of sp³-hybridized carbons (Fsp3) is 0.269. The van der Waals surface area contributed by atoms with Gasteiger partial charge in [-0.25, -0.2) is 5.43 Å². The van der Waals surface area contributed by atoms with Crippen molar-refractivity contribution in [2.24, 2.45) is 11.0 Å². The van der Waals surface area contributed by atoms with Crippen molar-refractivity contribution in [3.8, 4) is 17.1 Å². The van der Waals surface area contributed by atoms with E-state index >= 15 is 0 Å². The van der Waals surface area contributed by atoms with E-state index in [2.05, 4.69) is 15.8 Å². The van der Waals surface area contributed by atoms with E-state index in [0.29, 0.717) is 34.3 Å². The maximum atomic E-state index is 12.8. The summed E-state index contributed by atoms with van der Waals surface area (Å²) < 4.78 is 11.3. The van der Waals surface area contributed by atoms with Crippen LogP contribution < -0.4 is 15.5 Å². The summed E-state index contributed by atoms with van der Waals surface area (Å²) in [4.78, 5) is 35.9. The summed E-state index contributed by atoms with van der Waals surface area (Å²) in [6.45, 7) is 5.39. The first-order valence-electron chi connectivity index (χ1n) is 11.6. The molecule has 0 spiro atoms. The van der Waals surface area contributed by atoms with Crippen molar-refractivity contribution in [2.45, 2.75) is 39.3 Å². The fourth-order valence-corrected chi connectivity index (χ4v) is 3.82. The van der Waals surface area contributed by atoms with Crippen LogP contribution in [0.15, 0.2) is 64.1 Å². The van der Waals surface area contributed by atoms with Gasteiger partial charge in [-0.05, 0) is 61.7 Å². The zero-order valence-corrected chi connectivity index (χ0v) is 22.3. The van der Waals surface area contributed by atoms with Gasteiger partial charge in [0.2, 0.25) is 0 Å². The predicted octanol–water partition coefficient (Wildman–Crippen LogP) is 5.61. The summed E-state index contributed by atoms with van der Waals surface area (Å²) in [5.74, 6) is 0.213. The van der Waals surface area contributed by atoms with Gasteiger partial charge in [0.05, 0.1) is 16.2 Å². The number of benzene rings is 2. The van der Waals surface area contributed by atoms with Crippen LogP contribution in [0.4, 0.5) is 5.69 Å². The number of halogens is 2. The molecule has 3 rings (SSSR count). The molecule has 38 heavy (non-hydrogen) atoms. The number of nitro groups is 1. The molecule has 0 saturated carbocycles. The second kappa shape index (κ2) is 13.1. The van der Waals surface area contributed by atoms with Crippen molar-refractivity contribution < 1.29 is 23.7 Å². The number of nitro benzene ring substituents is 1. The van der Waals surface area contributed by atoms with Crippen molar-refractivity contribution >= 4 is 46.9 Å². The number of hydrogen-bond acceptors (Lipinski definition) is 7. The Labute approximate surface area is 229 Å². The van der Waals surface area contributed by atoms with E-state index in [1.165, 1.54) is 24.4 Å². The summed E-state index contributed by atoms with van der Waals surface area (Å²) in [5.41, 5.74) is 3.04. The average Bonchev–Trinajstić information content (AvgIpc) is 3.33. The lowest BCUT2D eigenvalue weighted by Crippen LogP contribution is -2.49. The van der Waals surface area contributed by atoms with Crippen molar-refractivity contribution in [3.63, 3.8) is 0 Å². The third-order valence-corrected chi connectivity index (χ3v) is 5.79. The van der Waals surface area contributed by atoms with Gasteiger partial charge in [-0.3, -0.25) is 19.7 Å². The van der Waals surface area contributed by atoms with Gasteiger partial charge in [0.15, 0.2) is 6.10 Å². The highest BCUT2D eigenvalue weighted by Crippen LogP contribution is 2.28. The van der Waals surface area contributed by atoms with Crippen LogP contribution in [0.5, 0.6) is 5.75 Å². The molecule has 0 unspecified atom stereocenters. The highest BCUT2D eigenvalue weighted by molar-refractivity contribution is 6.35. The first kappa shape index (κ1) is 28.7. The van der Waals surface area contributed by atoms with Gasteiger partial charge in [0, 0.05) is 22.7 Å². The smallest absolute Gasteiger partial charge is 0.269 e. The number of nitrogens with zero attached hydrogens (tertiary/aromatic N) is 2. The highest BCUT2D eigenvalue weighted by Gasteiger charge is 2.25. The first-order chi connectivity index (χ1) is 18.0. The molecule has 0 aliphatic carbocycles. The molecule has 10 nitrogen and oxygen atoms in total. The fourth-order valence-electron chi connectivity index (χ4n) is 3.37. The minimum Gasteiger partial charge on any atom is -0.479 e. The Morgan fingerprint density at radius 1 is 1.08 bits per heavy atom. The molecule has 3 aromatic rings. The molecular weight excluding hydrogens is 535 g/mol. The Hall–Kier alpha value is -3.89. The van der Waals surface area contributed by atoms with E-state index in [1.54, 1.807) is 43.3 Å². The van der Waals surface area contributed by atoms with Gasteiger partial charge in [-0.1, -0.05) is 37.0 Å². The summed E-state index contributed by atoms with van der Waals surface area (Å²) in [6, 6.07) is 13.0. The van der Waals surface area contributed by atoms with Crippen LogP contribution in [0.3, 0.4) is 0 Å². The number of carbonyl (C=O) groups is 2. The Balaban J connectivity index is 1.60. The molecule has 0 fully saturated rings. The van der Waals surface area contributed by atoms with Gasteiger partial charge in [-0.15, -0.1) is 0 Å². The molecule has 0 aliphatic heterocycles. The lowest BCUT2D eigenvalue weighted by atomic mass is 10.0. The zero-order chi connectivity index (χ0) is 27.8. The van der Waals surface area contributed by atoms with Crippen molar-refractivity contribution in [2.75, 3.05) is 0 Å². The maximum Gasteiger partial charge on any atom is 0.269 e. The number of hydrazone groups is 1. The van der Waals surface area contributed by atoms with Crippen LogP contribution in [-0.2, 0) is 9.59 Å². The van der Waals surface area contributed by atoms with E-state index in [1.807, 2.05) is 13.8 Å². The molecule has 0 radical (unpaired) electrons. The lowest BCUT2D eigenvalue weighted by Gasteiger charge is -2.22. The number of carbonyl (C=O) groups excluding carboxylic acids is 2. The van der Waals surface area contributed by atoms with Crippen LogP contribution in [0.2, 0.25) is 10.0 Å². The van der Waals surface area contributed by atoms with Gasteiger partial charge in [-0.2, -0.15) is 5.10 Å². The largest absolute Gasteiger partial charge is 0.479 e. The van der Waals surface area contributed by atoms with Gasteiger partial charge in [0.25, 0.3) is 17.5 Å². The Morgan fingerprint density at radius 2 is 1.79 bits per heavy atom. The molecular formula is C26H26Cl2N4O6. The van der Waals surface area contributed by atoms with Crippen LogP contribution in [0.25, 0.3) is 11.3 Å². The predicted molar refractivity (Wildman–Crippen MR) is 144 cm³/mol. The van der Waals surface area contributed by atoms with E-state index < -0.39 is 28.9 Å². The molecule has 12 heteroatoms. The van der Waals surface area contributed by atoms with Crippen LogP contribution >= 0.6 is 23.2 Å². The molecule has 200 valence electrons. The molecule has 1 heterocycles. The van der Waals surface area contributed by atoms with Crippen molar-refractivity contribution in [1.82, 2.24) is 10.7 Å². The molecule has 1 aromatic heterocycles. The Kier molecular flexibility index (Phi) is 9.86. The lowest BCUT2D eigenvalue weighted by molar-refractivity contribution is -0.384. The summed E-state index contributed by atoms with van der Waals surface area (Å²) >= 11 is 12.0.